The van der Waals surface area contributed by atoms with Crippen LogP contribution in [0.2, 0.25) is 0 Å². The van der Waals surface area contributed by atoms with Crippen LogP contribution < -0.4 is 19.6 Å². The van der Waals surface area contributed by atoms with Gasteiger partial charge >= 0.3 is 0 Å². The summed E-state index contributed by atoms with van der Waals surface area (Å²) < 4.78 is 80.3. The monoisotopic (exact) mass is 894 g/mol. The second-order valence-corrected chi connectivity index (χ2v) is 15.8. The van der Waals surface area contributed by atoms with Gasteiger partial charge in [-0.3, -0.25) is 9.13 Å². The molecular weight excluding hydrogens is 849 g/mol. The summed E-state index contributed by atoms with van der Waals surface area (Å²) >= 11 is 0. The number of halogens is 4. The van der Waals surface area contributed by atoms with Crippen LogP contribution in [0.3, 0.4) is 0 Å². The normalized spacial score (nSPS) is 18.3. The molecule has 4 fully saturated rings. The van der Waals surface area contributed by atoms with Crippen molar-refractivity contribution in [3.63, 3.8) is 0 Å². The quantitative estimate of drug-likeness (QED) is 0.209. The Morgan fingerprint density at radius 1 is 0.484 bits per heavy atom. The van der Waals surface area contributed by atoms with Crippen LogP contribution in [0.4, 0.5) is 41.4 Å². The number of aromatic nitrogens is 10. The molecule has 4 aromatic heterocycles. The number of para-hydroxylation sites is 2. The second-order valence-electron chi connectivity index (χ2n) is 15.8. The molecule has 20 nitrogen and oxygen atoms in total. The fourth-order valence-electron chi connectivity index (χ4n) is 7.85. The molecule has 0 atom stereocenters. The lowest BCUT2D eigenvalue weighted by molar-refractivity contribution is -0.0281. The van der Waals surface area contributed by atoms with Gasteiger partial charge in [0.15, 0.2) is 11.6 Å². The predicted molar refractivity (Wildman–Crippen MR) is 223 cm³/mol. The minimum Gasteiger partial charge on any atom is -0.506 e. The zero-order valence-corrected chi connectivity index (χ0v) is 35.0. The van der Waals surface area contributed by atoms with Crippen LogP contribution in [0.5, 0.6) is 11.5 Å². The molecule has 0 saturated carbocycles. The van der Waals surface area contributed by atoms with Crippen molar-refractivity contribution < 1.29 is 46.7 Å². The van der Waals surface area contributed by atoms with E-state index >= 15 is 0 Å². The van der Waals surface area contributed by atoms with Crippen molar-refractivity contribution in [3.8, 4) is 23.4 Å². The van der Waals surface area contributed by atoms with Gasteiger partial charge in [-0.1, -0.05) is 12.1 Å². The molecule has 0 radical (unpaired) electrons. The van der Waals surface area contributed by atoms with Crippen molar-refractivity contribution >= 4 is 45.9 Å². The number of hydrogen-bond acceptors (Lipinski definition) is 18. The van der Waals surface area contributed by atoms with Crippen molar-refractivity contribution in [2.45, 2.75) is 32.3 Å². The topological polar surface area (TPSA) is 203 Å². The maximum Gasteiger partial charge on any atom is 0.296 e. The SMILES string of the molecule is CC1(C)CN(c2nc(N3CCOCC3)nc(-n3c(C(F)F)nc4c(O)cccc43)n2)CCO1.Oc1cccc2c1nc(C(F)F)n2-c1nc(N2CCOCC2)nc(N2CCOCC2)n1. The van der Waals surface area contributed by atoms with Gasteiger partial charge in [-0.05, 0) is 38.1 Å². The number of aromatic hydroxyl groups is 2. The average Bonchev–Trinajstić information content (AvgIpc) is 3.92. The van der Waals surface area contributed by atoms with E-state index in [2.05, 4.69) is 39.9 Å². The second kappa shape index (κ2) is 18.1. The summed E-state index contributed by atoms with van der Waals surface area (Å²) in [4.78, 5) is 43.2. The number of hydrogen-bond donors (Lipinski definition) is 2. The van der Waals surface area contributed by atoms with E-state index in [1.807, 2.05) is 33.4 Å². The van der Waals surface area contributed by atoms with Gasteiger partial charge in [-0.2, -0.15) is 29.9 Å². The summed E-state index contributed by atoms with van der Waals surface area (Å²) in [6, 6.07) is 9.15. The Labute approximate surface area is 363 Å². The fraction of sp³-hybridized carbons (Fsp3) is 0.500. The minimum atomic E-state index is -2.90. The smallest absolute Gasteiger partial charge is 0.296 e. The van der Waals surface area contributed by atoms with E-state index in [-0.39, 0.29) is 39.9 Å². The molecule has 64 heavy (non-hydrogen) atoms. The molecule has 340 valence electrons. The molecule has 24 heteroatoms. The van der Waals surface area contributed by atoms with Crippen LogP contribution in [0.25, 0.3) is 34.0 Å². The van der Waals surface area contributed by atoms with Gasteiger partial charge < -0.3 is 48.8 Å². The van der Waals surface area contributed by atoms with Gasteiger partial charge in [0.25, 0.3) is 12.9 Å². The Morgan fingerprint density at radius 3 is 1.19 bits per heavy atom. The number of anilines is 4. The molecule has 0 amide bonds. The number of rotatable bonds is 8. The molecule has 2 aromatic carbocycles. The van der Waals surface area contributed by atoms with Crippen molar-refractivity contribution in [1.29, 1.82) is 0 Å². The van der Waals surface area contributed by atoms with Crippen LogP contribution in [-0.2, 0) is 18.9 Å². The van der Waals surface area contributed by atoms with E-state index in [4.69, 9.17) is 18.9 Å². The molecule has 0 unspecified atom stereocenters. The highest BCUT2D eigenvalue weighted by Gasteiger charge is 2.32. The van der Waals surface area contributed by atoms with E-state index < -0.39 is 30.1 Å². The van der Waals surface area contributed by atoms with E-state index in [0.29, 0.717) is 128 Å². The lowest BCUT2D eigenvalue weighted by Gasteiger charge is -2.38. The summed E-state index contributed by atoms with van der Waals surface area (Å²) in [5.74, 6) is 0.122. The number of ether oxygens (including phenoxy) is 4. The van der Waals surface area contributed by atoms with Gasteiger partial charge in [0.1, 0.15) is 22.5 Å². The molecule has 10 rings (SSSR count). The summed E-state index contributed by atoms with van der Waals surface area (Å²) in [6.07, 6.45) is -5.78. The van der Waals surface area contributed by atoms with Crippen LogP contribution in [-0.4, -0.2) is 163 Å². The first-order valence-electron chi connectivity index (χ1n) is 20.8. The zero-order valence-electron chi connectivity index (χ0n) is 35.0. The molecule has 4 saturated heterocycles. The average molecular weight is 895 g/mol. The number of phenols is 2. The molecule has 0 spiro atoms. The van der Waals surface area contributed by atoms with Crippen molar-refractivity contribution in [1.82, 2.24) is 49.0 Å². The van der Waals surface area contributed by atoms with Crippen molar-refractivity contribution in [3.05, 3.63) is 48.0 Å². The number of benzene rings is 2. The van der Waals surface area contributed by atoms with Gasteiger partial charge in [0, 0.05) is 52.4 Å². The van der Waals surface area contributed by atoms with Crippen molar-refractivity contribution in [2.24, 2.45) is 0 Å². The van der Waals surface area contributed by atoms with Crippen LogP contribution >= 0.6 is 0 Å². The largest absolute Gasteiger partial charge is 0.506 e. The van der Waals surface area contributed by atoms with Crippen LogP contribution in [0.15, 0.2) is 36.4 Å². The predicted octanol–water partition coefficient (Wildman–Crippen LogP) is 3.83. The Hall–Kier alpha value is -6.24. The summed E-state index contributed by atoms with van der Waals surface area (Å²) in [5, 5.41) is 20.3. The zero-order chi connectivity index (χ0) is 44.5. The highest BCUT2D eigenvalue weighted by Crippen LogP contribution is 2.34. The van der Waals surface area contributed by atoms with Crippen LogP contribution in [0.1, 0.15) is 38.3 Å². The minimum absolute atomic E-state index is 0.0224. The summed E-state index contributed by atoms with van der Waals surface area (Å²) in [5.41, 5.74) is 0.306. The Balaban J connectivity index is 0.000000162. The first kappa shape index (κ1) is 43.0. The fourth-order valence-corrected chi connectivity index (χ4v) is 7.85. The summed E-state index contributed by atoms with van der Waals surface area (Å²) in [7, 11) is 0. The van der Waals surface area contributed by atoms with Gasteiger partial charge in [-0.15, -0.1) is 0 Å². The molecule has 4 aliphatic rings. The van der Waals surface area contributed by atoms with Gasteiger partial charge in [0.2, 0.25) is 35.7 Å². The lowest BCUT2D eigenvalue weighted by Crippen LogP contribution is -2.49. The van der Waals surface area contributed by atoms with E-state index in [1.54, 1.807) is 24.3 Å². The van der Waals surface area contributed by atoms with Crippen LogP contribution in [0, 0.1) is 0 Å². The number of alkyl halides is 4. The highest BCUT2D eigenvalue weighted by atomic mass is 19.3. The molecule has 6 aromatic rings. The lowest BCUT2D eigenvalue weighted by atomic mass is 10.1. The maximum atomic E-state index is 14.0. The molecule has 8 heterocycles. The van der Waals surface area contributed by atoms with Gasteiger partial charge in [0.05, 0.1) is 62.9 Å². The first-order valence-corrected chi connectivity index (χ1v) is 20.8. The molecule has 0 bridgehead atoms. The number of phenolic OH excluding ortho intramolecular Hbond substituents is 2. The Kier molecular flexibility index (Phi) is 12.2. The standard InChI is InChI=1S/C21H25F2N7O3.C19H21F2N7O3/c1-21(2)12-29(8-11-33-21)19-25-18(28-6-9-32-10-7-28)26-20(27-19)30-13-4-3-5-14(31)15(13)24-17(30)16(22)23;20-15(21)16-22-14-12(2-1-3-13(14)29)28(16)19-24-17(26-4-8-30-9-5-26)23-18(25-19)27-6-10-31-11-7-27/h3-5,16,31H,6-12H2,1-2H3;1-3,15,29H,4-11H2. The third-order valence-corrected chi connectivity index (χ3v) is 11.0. The molecular formula is C40H46F4N14O6. The first-order chi connectivity index (χ1) is 30.9. The number of morpholine rings is 4. The molecule has 0 aliphatic carbocycles. The third-order valence-electron chi connectivity index (χ3n) is 11.0. The van der Waals surface area contributed by atoms with E-state index in [9.17, 15) is 27.8 Å². The Bertz CT molecular complexity index is 2560. The third kappa shape index (κ3) is 8.81. The van der Waals surface area contributed by atoms with E-state index in [1.165, 1.54) is 21.3 Å². The molecule has 2 N–H and O–H groups in total. The van der Waals surface area contributed by atoms with E-state index in [0.717, 1.165) is 0 Å². The number of imidazole rings is 2. The maximum absolute atomic E-state index is 14.0. The Morgan fingerprint density at radius 2 is 0.828 bits per heavy atom. The number of nitrogens with zero attached hydrogens (tertiary/aromatic N) is 14. The molecule has 4 aliphatic heterocycles. The van der Waals surface area contributed by atoms with Gasteiger partial charge in [-0.25, -0.2) is 27.5 Å². The summed E-state index contributed by atoms with van der Waals surface area (Å²) in [6.45, 7) is 12.2. The van der Waals surface area contributed by atoms with Crippen molar-refractivity contribution in [2.75, 3.05) is 118 Å². The number of fused-ring (bicyclic) bond motifs is 2. The highest BCUT2D eigenvalue weighted by molar-refractivity contribution is 5.84.